The molecule has 2 aliphatic heterocycles. The van der Waals surface area contributed by atoms with Crippen LogP contribution in [0.5, 0.6) is 0 Å². The SMILES string of the molecule is CSCCNC1CC2CCC1O2. The molecule has 0 radical (unpaired) electrons. The smallest absolute Gasteiger partial charge is 0.0733 e. The molecule has 12 heavy (non-hydrogen) atoms. The van der Waals surface area contributed by atoms with Gasteiger partial charge >= 0.3 is 0 Å². The Morgan fingerprint density at radius 1 is 1.50 bits per heavy atom. The summed E-state index contributed by atoms with van der Waals surface area (Å²) in [6, 6.07) is 0.663. The van der Waals surface area contributed by atoms with Gasteiger partial charge in [-0.3, -0.25) is 0 Å². The second kappa shape index (κ2) is 3.99. The first-order valence-electron chi connectivity index (χ1n) is 4.78. The van der Waals surface area contributed by atoms with Crippen LogP contribution in [-0.4, -0.2) is 36.8 Å². The molecule has 2 saturated heterocycles. The van der Waals surface area contributed by atoms with Gasteiger partial charge in [0, 0.05) is 18.3 Å². The fourth-order valence-electron chi connectivity index (χ4n) is 2.20. The number of hydrogen-bond donors (Lipinski definition) is 1. The zero-order chi connectivity index (χ0) is 8.39. The molecule has 0 spiro atoms. The van der Waals surface area contributed by atoms with Crippen molar-refractivity contribution < 1.29 is 4.74 Å². The molecule has 2 fully saturated rings. The van der Waals surface area contributed by atoms with Gasteiger partial charge in [-0.15, -0.1) is 0 Å². The zero-order valence-electron chi connectivity index (χ0n) is 7.58. The van der Waals surface area contributed by atoms with Crippen molar-refractivity contribution in [2.24, 2.45) is 0 Å². The Balaban J connectivity index is 1.69. The summed E-state index contributed by atoms with van der Waals surface area (Å²) in [4.78, 5) is 0. The molecule has 2 nitrogen and oxygen atoms in total. The molecule has 1 N–H and O–H groups in total. The molecule has 3 unspecified atom stereocenters. The normalized spacial score (nSPS) is 39.2. The van der Waals surface area contributed by atoms with Crippen molar-refractivity contribution in [3.8, 4) is 0 Å². The van der Waals surface area contributed by atoms with Gasteiger partial charge < -0.3 is 10.1 Å². The van der Waals surface area contributed by atoms with E-state index in [9.17, 15) is 0 Å². The first-order chi connectivity index (χ1) is 5.90. The molecular formula is C9H17NOS. The average molecular weight is 187 g/mol. The molecule has 3 atom stereocenters. The molecule has 0 aromatic heterocycles. The highest BCUT2D eigenvalue weighted by Crippen LogP contribution is 2.34. The fourth-order valence-corrected chi connectivity index (χ4v) is 2.52. The molecule has 0 amide bonds. The number of fused-ring (bicyclic) bond motifs is 2. The number of hydrogen-bond acceptors (Lipinski definition) is 3. The van der Waals surface area contributed by atoms with Crippen molar-refractivity contribution in [2.75, 3.05) is 18.6 Å². The van der Waals surface area contributed by atoms with E-state index < -0.39 is 0 Å². The second-order valence-electron chi connectivity index (χ2n) is 3.66. The molecule has 0 aliphatic carbocycles. The Labute approximate surface area is 78.4 Å². The van der Waals surface area contributed by atoms with Crippen LogP contribution in [0.1, 0.15) is 19.3 Å². The lowest BCUT2D eigenvalue weighted by Crippen LogP contribution is -2.38. The molecule has 0 aromatic carbocycles. The maximum Gasteiger partial charge on any atom is 0.0733 e. The van der Waals surface area contributed by atoms with Gasteiger partial charge in [-0.25, -0.2) is 0 Å². The van der Waals surface area contributed by atoms with E-state index >= 15 is 0 Å². The first kappa shape index (κ1) is 8.85. The quantitative estimate of drug-likeness (QED) is 0.670. The van der Waals surface area contributed by atoms with E-state index in [1.807, 2.05) is 11.8 Å². The minimum atomic E-state index is 0.539. The van der Waals surface area contributed by atoms with Gasteiger partial charge in [0.25, 0.3) is 0 Å². The van der Waals surface area contributed by atoms with Crippen LogP contribution in [0.15, 0.2) is 0 Å². The molecule has 70 valence electrons. The van der Waals surface area contributed by atoms with Gasteiger partial charge in [0.1, 0.15) is 0 Å². The predicted molar refractivity (Wildman–Crippen MR) is 52.7 cm³/mol. The lowest BCUT2D eigenvalue weighted by Gasteiger charge is -2.19. The van der Waals surface area contributed by atoms with Crippen LogP contribution in [0.4, 0.5) is 0 Å². The van der Waals surface area contributed by atoms with Crippen molar-refractivity contribution in [2.45, 2.75) is 37.5 Å². The average Bonchev–Trinajstić information content (AvgIpc) is 2.65. The van der Waals surface area contributed by atoms with Crippen molar-refractivity contribution in [1.82, 2.24) is 5.32 Å². The third-order valence-electron chi connectivity index (χ3n) is 2.82. The van der Waals surface area contributed by atoms with E-state index in [1.54, 1.807) is 0 Å². The van der Waals surface area contributed by atoms with Gasteiger partial charge in [-0.2, -0.15) is 11.8 Å². The van der Waals surface area contributed by atoms with E-state index in [-0.39, 0.29) is 0 Å². The van der Waals surface area contributed by atoms with Crippen molar-refractivity contribution in [3.63, 3.8) is 0 Å². The fraction of sp³-hybridized carbons (Fsp3) is 1.00. The van der Waals surface area contributed by atoms with Gasteiger partial charge in [0.15, 0.2) is 0 Å². The van der Waals surface area contributed by atoms with Crippen LogP contribution in [0, 0.1) is 0 Å². The van der Waals surface area contributed by atoms with Crippen molar-refractivity contribution in [1.29, 1.82) is 0 Å². The van der Waals surface area contributed by atoms with Crippen molar-refractivity contribution in [3.05, 3.63) is 0 Å². The Kier molecular flexibility index (Phi) is 2.94. The largest absolute Gasteiger partial charge is 0.373 e. The standard InChI is InChI=1S/C9H17NOS/c1-12-5-4-10-8-6-7-2-3-9(8)11-7/h7-10H,2-6H2,1H3. The predicted octanol–water partition coefficient (Wildman–Crippen LogP) is 1.26. The molecule has 2 rings (SSSR count). The maximum absolute atomic E-state index is 5.75. The molecule has 2 bridgehead atoms. The minimum absolute atomic E-state index is 0.539. The van der Waals surface area contributed by atoms with Crippen LogP contribution in [0.25, 0.3) is 0 Å². The maximum atomic E-state index is 5.75. The molecule has 0 saturated carbocycles. The highest BCUT2D eigenvalue weighted by atomic mass is 32.2. The molecule has 2 aliphatic rings. The number of nitrogens with one attached hydrogen (secondary N) is 1. The van der Waals surface area contributed by atoms with Crippen molar-refractivity contribution >= 4 is 11.8 Å². The lowest BCUT2D eigenvalue weighted by atomic mass is 9.96. The Bertz CT molecular complexity index is 153. The Hall–Kier alpha value is 0.270. The van der Waals surface area contributed by atoms with Crippen LogP contribution < -0.4 is 5.32 Å². The molecular weight excluding hydrogens is 170 g/mol. The van der Waals surface area contributed by atoms with Crippen LogP contribution in [-0.2, 0) is 4.74 Å². The summed E-state index contributed by atoms with van der Waals surface area (Å²) in [6.07, 6.45) is 7.10. The lowest BCUT2D eigenvalue weighted by molar-refractivity contribution is 0.0977. The van der Waals surface area contributed by atoms with E-state index in [1.165, 1.54) is 25.0 Å². The number of ether oxygens (including phenoxy) is 1. The molecule has 3 heteroatoms. The highest BCUT2D eigenvalue weighted by Gasteiger charge is 2.40. The summed E-state index contributed by atoms with van der Waals surface area (Å²) in [6.45, 7) is 1.14. The number of rotatable bonds is 4. The van der Waals surface area contributed by atoms with Crippen LogP contribution in [0.3, 0.4) is 0 Å². The Morgan fingerprint density at radius 3 is 3.00 bits per heavy atom. The van der Waals surface area contributed by atoms with E-state index in [0.29, 0.717) is 18.2 Å². The van der Waals surface area contributed by atoms with Crippen LogP contribution in [0.2, 0.25) is 0 Å². The zero-order valence-corrected chi connectivity index (χ0v) is 8.40. The van der Waals surface area contributed by atoms with Gasteiger partial charge in [0.05, 0.1) is 12.2 Å². The third kappa shape index (κ3) is 1.78. The van der Waals surface area contributed by atoms with E-state index in [0.717, 1.165) is 6.54 Å². The first-order valence-corrected chi connectivity index (χ1v) is 6.17. The summed E-state index contributed by atoms with van der Waals surface area (Å²) in [7, 11) is 0. The van der Waals surface area contributed by atoms with E-state index in [2.05, 4.69) is 11.6 Å². The van der Waals surface area contributed by atoms with E-state index in [4.69, 9.17) is 4.74 Å². The summed E-state index contributed by atoms with van der Waals surface area (Å²) < 4.78 is 5.75. The third-order valence-corrected chi connectivity index (χ3v) is 3.43. The highest BCUT2D eigenvalue weighted by molar-refractivity contribution is 7.98. The van der Waals surface area contributed by atoms with Gasteiger partial charge in [-0.05, 0) is 25.5 Å². The molecule has 0 aromatic rings. The summed E-state index contributed by atoms with van der Waals surface area (Å²) in [5.41, 5.74) is 0. The van der Waals surface area contributed by atoms with Crippen LogP contribution >= 0.6 is 11.8 Å². The monoisotopic (exact) mass is 187 g/mol. The number of thioether (sulfide) groups is 1. The summed E-state index contributed by atoms with van der Waals surface area (Å²) in [5, 5.41) is 3.57. The minimum Gasteiger partial charge on any atom is -0.373 e. The van der Waals surface area contributed by atoms with Gasteiger partial charge in [0.2, 0.25) is 0 Å². The summed E-state index contributed by atoms with van der Waals surface area (Å²) in [5.74, 6) is 1.22. The summed E-state index contributed by atoms with van der Waals surface area (Å²) >= 11 is 1.90. The second-order valence-corrected chi connectivity index (χ2v) is 4.65. The Morgan fingerprint density at radius 2 is 2.42 bits per heavy atom. The van der Waals surface area contributed by atoms with Gasteiger partial charge in [-0.1, -0.05) is 0 Å². The topological polar surface area (TPSA) is 21.3 Å². The molecule has 2 heterocycles.